The lowest BCUT2D eigenvalue weighted by atomic mass is 10.3. The minimum absolute atomic E-state index is 0.172. The Balaban J connectivity index is 2.02. The van der Waals surface area contributed by atoms with E-state index in [9.17, 15) is 8.78 Å². The Morgan fingerprint density at radius 2 is 2.11 bits per heavy atom. The monoisotopic (exact) mass is 296 g/mol. The van der Waals surface area contributed by atoms with E-state index in [2.05, 4.69) is 11.8 Å². The first-order valence-electron chi connectivity index (χ1n) is 5.44. The molecular weight excluding hydrogens is 286 g/mol. The topological polar surface area (TPSA) is 20.2 Å². The number of hydrogen-bond donors (Lipinski definition) is 1. The highest BCUT2D eigenvalue weighted by molar-refractivity contribution is 7.98. The van der Waals surface area contributed by atoms with Gasteiger partial charge in [0.05, 0.1) is 0 Å². The maximum Gasteiger partial charge on any atom is 0.136 e. The molecule has 2 aromatic rings. The standard InChI is InChI=1S/C14H10F2OS2/c15-11-3-4-13(16)14(7-11)19-9-12-6-10(8-18-12)2-1-5-17/h3-4,6-8,17H,5,9H2. The Bertz CT molecular complexity index is 626. The van der Waals surface area contributed by atoms with Gasteiger partial charge in [0, 0.05) is 26.5 Å². The molecule has 0 atom stereocenters. The second kappa shape index (κ2) is 6.71. The van der Waals surface area contributed by atoms with E-state index in [0.717, 1.165) is 22.6 Å². The molecule has 1 aromatic heterocycles. The van der Waals surface area contributed by atoms with Gasteiger partial charge < -0.3 is 5.11 Å². The molecule has 0 aliphatic rings. The fraction of sp³-hybridized carbons (Fsp3) is 0.143. The van der Waals surface area contributed by atoms with Crippen LogP contribution in [0.1, 0.15) is 10.4 Å². The SMILES string of the molecule is OCC#Cc1csc(CSc2cc(F)ccc2F)c1. The Morgan fingerprint density at radius 1 is 1.26 bits per heavy atom. The van der Waals surface area contributed by atoms with Gasteiger partial charge in [-0.1, -0.05) is 11.8 Å². The molecule has 0 unspecified atom stereocenters. The maximum atomic E-state index is 13.4. The number of hydrogen-bond acceptors (Lipinski definition) is 3. The first-order chi connectivity index (χ1) is 9.19. The molecule has 1 aromatic carbocycles. The highest BCUT2D eigenvalue weighted by Crippen LogP contribution is 2.28. The van der Waals surface area contributed by atoms with Gasteiger partial charge >= 0.3 is 0 Å². The molecule has 2 rings (SSSR count). The van der Waals surface area contributed by atoms with Crippen molar-refractivity contribution in [3.05, 3.63) is 51.7 Å². The van der Waals surface area contributed by atoms with Crippen LogP contribution in [0.15, 0.2) is 34.5 Å². The number of benzene rings is 1. The molecule has 0 saturated carbocycles. The Labute approximate surface area is 118 Å². The zero-order chi connectivity index (χ0) is 13.7. The van der Waals surface area contributed by atoms with Crippen molar-refractivity contribution in [3.8, 4) is 11.8 Å². The van der Waals surface area contributed by atoms with E-state index in [4.69, 9.17) is 5.11 Å². The Hall–Kier alpha value is -1.35. The second-order valence-electron chi connectivity index (χ2n) is 3.63. The average Bonchev–Trinajstić information content (AvgIpc) is 2.85. The maximum absolute atomic E-state index is 13.4. The number of aliphatic hydroxyl groups is 1. The molecule has 0 saturated heterocycles. The molecule has 19 heavy (non-hydrogen) atoms. The van der Waals surface area contributed by atoms with Crippen molar-refractivity contribution in [3.63, 3.8) is 0 Å². The number of aliphatic hydroxyl groups excluding tert-OH is 1. The van der Waals surface area contributed by atoms with Crippen molar-refractivity contribution in [2.45, 2.75) is 10.6 Å². The van der Waals surface area contributed by atoms with E-state index in [1.807, 2.05) is 11.4 Å². The van der Waals surface area contributed by atoms with Crippen molar-refractivity contribution in [2.75, 3.05) is 6.61 Å². The molecule has 0 bridgehead atoms. The van der Waals surface area contributed by atoms with E-state index < -0.39 is 11.6 Å². The molecule has 0 radical (unpaired) electrons. The summed E-state index contributed by atoms with van der Waals surface area (Å²) in [5.41, 5.74) is 0.828. The predicted octanol–water partition coefficient (Wildman–Crippen LogP) is 3.66. The van der Waals surface area contributed by atoms with E-state index in [1.54, 1.807) is 0 Å². The summed E-state index contributed by atoms with van der Waals surface area (Å²) in [6, 6.07) is 5.31. The van der Waals surface area contributed by atoms with Crippen molar-refractivity contribution in [1.82, 2.24) is 0 Å². The Morgan fingerprint density at radius 3 is 2.89 bits per heavy atom. The smallest absolute Gasteiger partial charge is 0.136 e. The van der Waals surface area contributed by atoms with Crippen LogP contribution in [0.5, 0.6) is 0 Å². The van der Waals surface area contributed by atoms with Gasteiger partial charge in [0.1, 0.15) is 18.2 Å². The molecule has 5 heteroatoms. The third-order valence-electron chi connectivity index (χ3n) is 2.23. The molecule has 0 aliphatic carbocycles. The van der Waals surface area contributed by atoms with E-state index in [-0.39, 0.29) is 6.61 Å². The van der Waals surface area contributed by atoms with Crippen molar-refractivity contribution < 1.29 is 13.9 Å². The quantitative estimate of drug-likeness (QED) is 0.689. The predicted molar refractivity (Wildman–Crippen MR) is 74.2 cm³/mol. The van der Waals surface area contributed by atoms with Crippen LogP contribution in [0.2, 0.25) is 0 Å². The van der Waals surface area contributed by atoms with Gasteiger partial charge in [0.25, 0.3) is 0 Å². The molecule has 0 spiro atoms. The van der Waals surface area contributed by atoms with E-state index in [0.29, 0.717) is 10.6 Å². The minimum Gasteiger partial charge on any atom is -0.384 e. The number of halogens is 2. The molecule has 1 heterocycles. The van der Waals surface area contributed by atoms with Crippen molar-refractivity contribution in [1.29, 1.82) is 0 Å². The van der Waals surface area contributed by atoms with E-state index in [1.165, 1.54) is 29.2 Å². The summed E-state index contributed by atoms with van der Waals surface area (Å²) in [7, 11) is 0. The lowest BCUT2D eigenvalue weighted by Crippen LogP contribution is -1.84. The summed E-state index contributed by atoms with van der Waals surface area (Å²) in [5, 5.41) is 10.5. The summed E-state index contributed by atoms with van der Waals surface area (Å²) in [5.74, 6) is 5.07. The van der Waals surface area contributed by atoms with Gasteiger partial charge in [-0.25, -0.2) is 8.78 Å². The normalized spacial score (nSPS) is 10.1. The number of thioether (sulfide) groups is 1. The molecular formula is C14H10F2OS2. The molecule has 0 fully saturated rings. The summed E-state index contributed by atoms with van der Waals surface area (Å²) in [4.78, 5) is 1.33. The van der Waals surface area contributed by atoms with Gasteiger partial charge in [-0.05, 0) is 24.3 Å². The molecule has 1 N–H and O–H groups in total. The summed E-state index contributed by atoms with van der Waals surface area (Å²) < 4.78 is 26.4. The van der Waals surface area contributed by atoms with Gasteiger partial charge in [0.2, 0.25) is 0 Å². The fourth-order valence-corrected chi connectivity index (χ4v) is 3.23. The van der Waals surface area contributed by atoms with Crippen LogP contribution in [0.4, 0.5) is 8.78 Å². The highest BCUT2D eigenvalue weighted by Gasteiger charge is 2.06. The first kappa shape index (κ1) is 14.1. The number of thiophene rings is 1. The fourth-order valence-electron chi connectivity index (χ4n) is 1.40. The van der Waals surface area contributed by atoms with Crippen LogP contribution in [0, 0.1) is 23.5 Å². The number of rotatable bonds is 3. The van der Waals surface area contributed by atoms with Gasteiger partial charge in [0.15, 0.2) is 0 Å². The minimum atomic E-state index is -0.440. The summed E-state index contributed by atoms with van der Waals surface area (Å²) in [6.45, 7) is -0.172. The van der Waals surface area contributed by atoms with Crippen LogP contribution in [0.3, 0.4) is 0 Å². The van der Waals surface area contributed by atoms with Gasteiger partial charge in [-0.15, -0.1) is 23.1 Å². The lowest BCUT2D eigenvalue weighted by molar-refractivity contribution is 0.350. The zero-order valence-electron chi connectivity index (χ0n) is 9.82. The van der Waals surface area contributed by atoms with Gasteiger partial charge in [-0.3, -0.25) is 0 Å². The lowest BCUT2D eigenvalue weighted by Gasteiger charge is -2.01. The van der Waals surface area contributed by atoms with Crippen LogP contribution in [0.25, 0.3) is 0 Å². The van der Waals surface area contributed by atoms with Crippen LogP contribution in [-0.2, 0) is 5.75 Å². The molecule has 1 nitrogen and oxygen atoms in total. The molecule has 98 valence electrons. The highest BCUT2D eigenvalue weighted by atomic mass is 32.2. The van der Waals surface area contributed by atoms with Gasteiger partial charge in [-0.2, -0.15) is 0 Å². The summed E-state index contributed by atoms with van der Waals surface area (Å²) >= 11 is 2.76. The second-order valence-corrected chi connectivity index (χ2v) is 5.64. The van der Waals surface area contributed by atoms with Crippen LogP contribution in [-0.4, -0.2) is 11.7 Å². The Kier molecular flexibility index (Phi) is 4.97. The molecule has 0 aliphatic heterocycles. The third-order valence-corrected chi connectivity index (χ3v) is 4.43. The molecule has 0 amide bonds. The van der Waals surface area contributed by atoms with Crippen LogP contribution >= 0.6 is 23.1 Å². The largest absolute Gasteiger partial charge is 0.384 e. The summed E-state index contributed by atoms with van der Waals surface area (Å²) in [6.07, 6.45) is 0. The van der Waals surface area contributed by atoms with Crippen molar-refractivity contribution in [2.24, 2.45) is 0 Å². The zero-order valence-corrected chi connectivity index (χ0v) is 11.5. The average molecular weight is 296 g/mol. The third kappa shape index (κ3) is 4.06. The first-order valence-corrected chi connectivity index (χ1v) is 7.30. The van der Waals surface area contributed by atoms with Crippen molar-refractivity contribution >= 4 is 23.1 Å². The van der Waals surface area contributed by atoms with Crippen LogP contribution < -0.4 is 0 Å². The van der Waals surface area contributed by atoms with E-state index >= 15 is 0 Å².